The quantitative estimate of drug-likeness (QED) is 0.750. The van der Waals surface area contributed by atoms with Gasteiger partial charge in [0, 0.05) is 16.6 Å². The fourth-order valence-electron chi connectivity index (χ4n) is 2.24. The highest BCUT2D eigenvalue weighted by Crippen LogP contribution is 2.37. The van der Waals surface area contributed by atoms with Gasteiger partial charge in [-0.25, -0.2) is 8.42 Å². The molecule has 0 aromatic heterocycles. The predicted molar refractivity (Wildman–Crippen MR) is 99.0 cm³/mol. The van der Waals surface area contributed by atoms with Gasteiger partial charge >= 0.3 is 0 Å². The Kier molecular flexibility index (Phi) is 5.67. The van der Waals surface area contributed by atoms with Gasteiger partial charge in [-0.05, 0) is 31.0 Å². The standard InChI is InChI=1S/C16H17BrClNO4S/c1-9-5-10(2)16(6-11(9)17)24(20,21)19-13-8-14(22-3)12(18)7-15(13)23-4/h5-8,19H,1-4H3. The number of ether oxygens (including phenoxy) is 2. The number of rotatable bonds is 5. The number of aryl methyl sites for hydroxylation is 2. The van der Waals surface area contributed by atoms with E-state index in [0.717, 1.165) is 5.56 Å². The van der Waals surface area contributed by atoms with Crippen LogP contribution >= 0.6 is 27.5 Å². The van der Waals surface area contributed by atoms with Gasteiger partial charge in [0.15, 0.2) is 0 Å². The van der Waals surface area contributed by atoms with E-state index in [4.69, 9.17) is 21.1 Å². The van der Waals surface area contributed by atoms with E-state index in [-0.39, 0.29) is 10.6 Å². The number of anilines is 1. The fraction of sp³-hybridized carbons (Fsp3) is 0.250. The topological polar surface area (TPSA) is 64.6 Å². The summed E-state index contributed by atoms with van der Waals surface area (Å²) in [5.41, 5.74) is 1.84. The van der Waals surface area contributed by atoms with Gasteiger partial charge in [0.2, 0.25) is 0 Å². The molecule has 2 aromatic carbocycles. The van der Waals surface area contributed by atoms with Crippen molar-refractivity contribution in [3.63, 3.8) is 0 Å². The molecular weight excluding hydrogens is 418 g/mol. The molecule has 0 atom stereocenters. The minimum atomic E-state index is -3.81. The molecule has 0 aliphatic heterocycles. The molecule has 0 aliphatic rings. The van der Waals surface area contributed by atoms with Gasteiger partial charge in [0.25, 0.3) is 10.0 Å². The van der Waals surface area contributed by atoms with Crippen LogP contribution in [0.15, 0.2) is 33.6 Å². The highest BCUT2D eigenvalue weighted by molar-refractivity contribution is 9.10. The van der Waals surface area contributed by atoms with Crippen molar-refractivity contribution in [2.24, 2.45) is 0 Å². The van der Waals surface area contributed by atoms with Crippen molar-refractivity contribution in [3.05, 3.63) is 44.9 Å². The van der Waals surface area contributed by atoms with Crippen molar-refractivity contribution in [1.82, 2.24) is 0 Å². The first kappa shape index (κ1) is 18.9. The number of halogens is 2. The van der Waals surface area contributed by atoms with Crippen molar-refractivity contribution < 1.29 is 17.9 Å². The van der Waals surface area contributed by atoms with Crippen LogP contribution in [0.5, 0.6) is 11.5 Å². The van der Waals surface area contributed by atoms with Crippen molar-refractivity contribution in [2.75, 3.05) is 18.9 Å². The lowest BCUT2D eigenvalue weighted by Crippen LogP contribution is -2.15. The molecule has 0 fully saturated rings. The number of hydrogen-bond acceptors (Lipinski definition) is 4. The zero-order valence-electron chi connectivity index (χ0n) is 13.6. The van der Waals surface area contributed by atoms with Crippen LogP contribution < -0.4 is 14.2 Å². The maximum absolute atomic E-state index is 12.8. The largest absolute Gasteiger partial charge is 0.495 e. The third kappa shape index (κ3) is 3.79. The third-order valence-corrected chi connectivity index (χ3v) is 6.12. The summed E-state index contributed by atoms with van der Waals surface area (Å²) in [5, 5.41) is 0.326. The maximum Gasteiger partial charge on any atom is 0.262 e. The number of hydrogen-bond donors (Lipinski definition) is 1. The minimum absolute atomic E-state index is 0.177. The molecule has 0 saturated carbocycles. The van der Waals surface area contributed by atoms with Crippen LogP contribution in [0.25, 0.3) is 0 Å². The molecule has 0 saturated heterocycles. The van der Waals surface area contributed by atoms with Crippen molar-refractivity contribution >= 4 is 43.2 Å². The van der Waals surface area contributed by atoms with Crippen LogP contribution in [-0.2, 0) is 10.0 Å². The van der Waals surface area contributed by atoms with E-state index >= 15 is 0 Å². The molecule has 130 valence electrons. The van der Waals surface area contributed by atoms with Gasteiger partial charge in [-0.15, -0.1) is 0 Å². The van der Waals surface area contributed by atoms with Gasteiger partial charge in [-0.1, -0.05) is 33.6 Å². The van der Waals surface area contributed by atoms with E-state index in [1.54, 1.807) is 19.1 Å². The van der Waals surface area contributed by atoms with Crippen molar-refractivity contribution in [2.45, 2.75) is 18.7 Å². The number of benzene rings is 2. The summed E-state index contributed by atoms with van der Waals surface area (Å²) in [6.07, 6.45) is 0. The molecule has 24 heavy (non-hydrogen) atoms. The van der Waals surface area contributed by atoms with Crippen molar-refractivity contribution in [1.29, 1.82) is 0 Å². The molecule has 2 aromatic rings. The third-order valence-electron chi connectivity index (χ3n) is 3.46. The first-order chi connectivity index (χ1) is 11.2. The minimum Gasteiger partial charge on any atom is -0.495 e. The molecule has 0 amide bonds. The highest BCUT2D eigenvalue weighted by atomic mass is 79.9. The van der Waals surface area contributed by atoms with Gasteiger partial charge < -0.3 is 9.47 Å². The van der Waals surface area contributed by atoms with E-state index in [9.17, 15) is 8.42 Å². The van der Waals surface area contributed by atoms with E-state index in [1.165, 1.54) is 26.4 Å². The first-order valence-corrected chi connectivity index (χ1v) is 9.56. The Bertz CT molecular complexity index is 884. The Morgan fingerprint density at radius 3 is 2.21 bits per heavy atom. The second-order valence-corrected chi connectivity index (χ2v) is 8.07. The molecule has 0 bridgehead atoms. The summed E-state index contributed by atoms with van der Waals surface area (Å²) in [6.45, 7) is 3.64. The normalized spacial score (nSPS) is 11.2. The zero-order valence-corrected chi connectivity index (χ0v) is 16.8. The maximum atomic E-state index is 12.8. The summed E-state index contributed by atoms with van der Waals surface area (Å²) in [4.78, 5) is 0.177. The van der Waals surface area contributed by atoms with Crippen LogP contribution in [-0.4, -0.2) is 22.6 Å². The first-order valence-electron chi connectivity index (χ1n) is 6.90. The molecule has 1 N–H and O–H groups in total. The Morgan fingerprint density at radius 1 is 1.00 bits per heavy atom. The molecule has 0 radical (unpaired) electrons. The molecule has 0 aliphatic carbocycles. The summed E-state index contributed by atoms with van der Waals surface area (Å²) in [7, 11) is -0.927. The average Bonchev–Trinajstić information content (AvgIpc) is 2.51. The van der Waals surface area contributed by atoms with Crippen LogP contribution in [0.3, 0.4) is 0 Å². The fourth-order valence-corrected chi connectivity index (χ4v) is 4.28. The average molecular weight is 435 g/mol. The molecule has 0 heterocycles. The lowest BCUT2D eigenvalue weighted by Gasteiger charge is -2.16. The Labute approximate surface area is 155 Å². The van der Waals surface area contributed by atoms with E-state index < -0.39 is 10.0 Å². The smallest absolute Gasteiger partial charge is 0.262 e. The van der Waals surface area contributed by atoms with Crippen LogP contribution in [0.4, 0.5) is 5.69 Å². The molecule has 5 nitrogen and oxygen atoms in total. The van der Waals surface area contributed by atoms with Crippen molar-refractivity contribution in [3.8, 4) is 11.5 Å². The molecule has 2 rings (SSSR count). The Hall–Kier alpha value is -1.44. The van der Waals surface area contributed by atoms with E-state index in [0.29, 0.717) is 26.6 Å². The van der Waals surface area contributed by atoms with Gasteiger partial charge in [0.1, 0.15) is 11.5 Å². The van der Waals surface area contributed by atoms with Crippen LogP contribution in [0.1, 0.15) is 11.1 Å². The SMILES string of the molecule is COc1cc(NS(=O)(=O)c2cc(Br)c(C)cc2C)c(OC)cc1Cl. The zero-order chi connectivity index (χ0) is 18.1. The van der Waals surface area contributed by atoms with Gasteiger partial charge in [-0.2, -0.15) is 0 Å². The monoisotopic (exact) mass is 433 g/mol. The highest BCUT2D eigenvalue weighted by Gasteiger charge is 2.21. The van der Waals surface area contributed by atoms with E-state index in [1.807, 2.05) is 6.92 Å². The summed E-state index contributed by atoms with van der Waals surface area (Å²) in [6, 6.07) is 6.36. The van der Waals surface area contributed by atoms with Gasteiger partial charge in [0.05, 0.1) is 29.8 Å². The summed E-state index contributed by atoms with van der Waals surface area (Å²) < 4.78 is 39.1. The molecule has 8 heteroatoms. The number of sulfonamides is 1. The van der Waals surface area contributed by atoms with Crippen LogP contribution in [0, 0.1) is 13.8 Å². The van der Waals surface area contributed by atoms with E-state index in [2.05, 4.69) is 20.7 Å². The summed E-state index contributed by atoms with van der Waals surface area (Å²) in [5.74, 6) is 0.644. The van der Waals surface area contributed by atoms with Crippen LogP contribution in [0.2, 0.25) is 5.02 Å². The molecule has 0 spiro atoms. The Morgan fingerprint density at radius 2 is 1.62 bits per heavy atom. The van der Waals surface area contributed by atoms with Gasteiger partial charge in [-0.3, -0.25) is 4.72 Å². The Balaban J connectivity index is 2.52. The lowest BCUT2D eigenvalue weighted by molar-refractivity contribution is 0.405. The second kappa shape index (κ2) is 7.21. The molecular formula is C16H17BrClNO4S. The lowest BCUT2D eigenvalue weighted by atomic mass is 10.2. The number of nitrogens with one attached hydrogen (secondary N) is 1. The molecule has 0 unspecified atom stereocenters. The predicted octanol–water partition coefficient (Wildman–Crippen LogP) is 4.54. The second-order valence-electron chi connectivity index (χ2n) is 5.16. The summed E-state index contributed by atoms with van der Waals surface area (Å²) >= 11 is 9.41. The number of methoxy groups -OCH3 is 2.